The lowest BCUT2D eigenvalue weighted by Crippen LogP contribution is -2.27. The Hall–Kier alpha value is -3.05. The zero-order valence-corrected chi connectivity index (χ0v) is 13.1. The molecular formula is C19H18N2O3. The van der Waals surface area contributed by atoms with Crippen LogP contribution in [0.15, 0.2) is 73.1 Å². The van der Waals surface area contributed by atoms with Crippen LogP contribution in [-0.4, -0.2) is 11.0 Å². The molecule has 1 heterocycles. The van der Waals surface area contributed by atoms with Gasteiger partial charge < -0.3 is 9.57 Å². The smallest absolute Gasteiger partial charge is 0.331 e. The van der Waals surface area contributed by atoms with Crippen LogP contribution in [0.3, 0.4) is 0 Å². The molecule has 1 N–H and O–H groups in total. The third-order valence-electron chi connectivity index (χ3n) is 3.52. The number of carbonyl (C=O) groups excluding carboxylic acids is 1. The molecule has 0 spiro atoms. The molecule has 2 aromatic carbocycles. The number of carbonyl (C=O) groups is 1. The summed E-state index contributed by atoms with van der Waals surface area (Å²) in [6.07, 6.45) is 6.55. The van der Waals surface area contributed by atoms with Gasteiger partial charge in [-0.05, 0) is 22.8 Å². The monoisotopic (exact) mass is 322 g/mol. The average Bonchev–Trinajstić information content (AvgIpc) is 3.13. The maximum Gasteiger partial charge on any atom is 0.331 e. The van der Waals surface area contributed by atoms with Crippen LogP contribution >= 0.6 is 0 Å². The summed E-state index contributed by atoms with van der Waals surface area (Å²) in [6, 6.07) is 17.5. The Morgan fingerprint density at radius 1 is 1.08 bits per heavy atom. The highest BCUT2D eigenvalue weighted by Crippen LogP contribution is 2.14. The van der Waals surface area contributed by atoms with Crippen molar-refractivity contribution in [1.82, 2.24) is 10.6 Å². The van der Waals surface area contributed by atoms with Crippen LogP contribution < -0.4 is 5.59 Å². The van der Waals surface area contributed by atoms with Gasteiger partial charge in [0.15, 0.2) is 0 Å². The van der Waals surface area contributed by atoms with Crippen molar-refractivity contribution in [3.63, 3.8) is 0 Å². The molecule has 5 heteroatoms. The van der Waals surface area contributed by atoms with E-state index in [2.05, 4.69) is 5.59 Å². The maximum absolute atomic E-state index is 11.9. The number of nitrogens with one attached hydrogen (secondary N) is 1. The fraction of sp³-hybridized carbons (Fsp3) is 0.105. The van der Waals surface area contributed by atoms with Gasteiger partial charge in [0.2, 0.25) is 0 Å². The summed E-state index contributed by atoms with van der Waals surface area (Å²) in [4.78, 5) is 16.8. The van der Waals surface area contributed by atoms with Crippen molar-refractivity contribution in [2.24, 2.45) is 0 Å². The quantitative estimate of drug-likeness (QED) is 0.654. The van der Waals surface area contributed by atoms with E-state index in [1.807, 2.05) is 54.6 Å². The number of benzene rings is 2. The molecule has 0 unspecified atom stereocenters. The van der Waals surface area contributed by atoms with E-state index >= 15 is 0 Å². The molecule has 0 saturated carbocycles. The zero-order chi connectivity index (χ0) is 16.6. The number of hydrogen-bond acceptors (Lipinski definition) is 5. The average molecular weight is 322 g/mol. The first-order valence-electron chi connectivity index (χ1n) is 7.62. The third kappa shape index (κ3) is 4.47. The van der Waals surface area contributed by atoms with Crippen molar-refractivity contribution >= 4 is 12.0 Å². The van der Waals surface area contributed by atoms with Gasteiger partial charge in [-0.15, -0.1) is 0 Å². The first-order chi connectivity index (χ1) is 11.8. The molecule has 0 atom stereocenters. The van der Waals surface area contributed by atoms with Crippen molar-refractivity contribution in [3.8, 4) is 0 Å². The van der Waals surface area contributed by atoms with Crippen molar-refractivity contribution < 1.29 is 14.4 Å². The number of hydrogen-bond donors (Lipinski definition) is 1. The Kier molecular flexibility index (Phi) is 5.27. The number of ether oxygens (including phenoxy) is 1. The van der Waals surface area contributed by atoms with Crippen LogP contribution in [0.2, 0.25) is 0 Å². The minimum atomic E-state index is -0.365. The number of rotatable bonds is 6. The Bertz CT molecular complexity index is 741. The second kappa shape index (κ2) is 7.99. The molecular weight excluding hydrogens is 304 g/mol. The number of nitrogens with zero attached hydrogens (tertiary/aromatic N) is 1. The standard InChI is InChI=1S/C19H18N2O3/c22-19(11-10-16-6-2-1-3-7-16)23-15-18-9-5-4-8-17(18)14-21-12-13-24-20-21/h1-13,20H,14-15H2/b11-10+. The van der Waals surface area contributed by atoms with Crippen molar-refractivity contribution in [1.29, 1.82) is 0 Å². The van der Waals surface area contributed by atoms with E-state index in [9.17, 15) is 4.79 Å². The lowest BCUT2D eigenvalue weighted by Gasteiger charge is -2.16. The Morgan fingerprint density at radius 3 is 2.58 bits per heavy atom. The normalized spacial score (nSPS) is 13.2. The summed E-state index contributed by atoms with van der Waals surface area (Å²) in [5.74, 6) is -0.365. The highest BCUT2D eigenvalue weighted by atomic mass is 16.7. The zero-order valence-electron chi connectivity index (χ0n) is 13.1. The maximum atomic E-state index is 11.9. The van der Waals surface area contributed by atoms with E-state index in [4.69, 9.17) is 9.57 Å². The van der Waals surface area contributed by atoms with E-state index in [-0.39, 0.29) is 12.6 Å². The highest BCUT2D eigenvalue weighted by Gasteiger charge is 2.10. The molecule has 0 saturated heterocycles. The summed E-state index contributed by atoms with van der Waals surface area (Å²) in [5, 5.41) is 1.80. The van der Waals surface area contributed by atoms with Crippen molar-refractivity contribution in [2.75, 3.05) is 0 Å². The summed E-state index contributed by atoms with van der Waals surface area (Å²) >= 11 is 0. The highest BCUT2D eigenvalue weighted by molar-refractivity contribution is 5.87. The molecule has 1 aliphatic heterocycles. The van der Waals surface area contributed by atoms with Crippen LogP contribution in [0.1, 0.15) is 16.7 Å². The van der Waals surface area contributed by atoms with Gasteiger partial charge in [-0.2, -0.15) is 0 Å². The molecule has 0 aromatic heterocycles. The fourth-order valence-electron chi connectivity index (χ4n) is 2.28. The van der Waals surface area contributed by atoms with Crippen LogP contribution in [-0.2, 0) is 27.5 Å². The second-order valence-electron chi connectivity index (χ2n) is 5.24. The van der Waals surface area contributed by atoms with Crippen LogP contribution in [0, 0.1) is 0 Å². The predicted octanol–water partition coefficient (Wildman–Crippen LogP) is 3.17. The van der Waals surface area contributed by atoms with Crippen molar-refractivity contribution in [3.05, 3.63) is 89.8 Å². The largest absolute Gasteiger partial charge is 0.458 e. The molecule has 2 aromatic rings. The molecule has 0 bridgehead atoms. The first-order valence-corrected chi connectivity index (χ1v) is 7.62. The SMILES string of the molecule is O=C(/C=C/c1ccccc1)OCc1ccccc1CN1C=CON1. The molecule has 1 aliphatic rings. The first kappa shape index (κ1) is 15.8. The van der Waals surface area contributed by atoms with Gasteiger partial charge >= 0.3 is 5.97 Å². The molecule has 0 fully saturated rings. The predicted molar refractivity (Wildman–Crippen MR) is 90.6 cm³/mol. The van der Waals surface area contributed by atoms with Crippen LogP contribution in [0.4, 0.5) is 0 Å². The molecule has 24 heavy (non-hydrogen) atoms. The molecule has 122 valence electrons. The van der Waals surface area contributed by atoms with E-state index in [1.54, 1.807) is 23.5 Å². The van der Waals surface area contributed by atoms with Gasteiger partial charge in [0, 0.05) is 6.08 Å². The topological polar surface area (TPSA) is 50.8 Å². The second-order valence-corrected chi connectivity index (χ2v) is 5.24. The molecule has 5 nitrogen and oxygen atoms in total. The lowest BCUT2D eigenvalue weighted by molar-refractivity contribution is -0.138. The van der Waals surface area contributed by atoms with Crippen molar-refractivity contribution in [2.45, 2.75) is 13.2 Å². The van der Waals surface area contributed by atoms with E-state index in [0.717, 1.165) is 16.7 Å². The Labute approximate surface area is 140 Å². The van der Waals surface area contributed by atoms with Gasteiger partial charge in [-0.25, -0.2) is 4.79 Å². The fourth-order valence-corrected chi connectivity index (χ4v) is 2.28. The van der Waals surface area contributed by atoms with Gasteiger partial charge in [0.25, 0.3) is 0 Å². The van der Waals surface area contributed by atoms with Gasteiger partial charge in [0.05, 0.1) is 12.7 Å². The minimum absolute atomic E-state index is 0.229. The van der Waals surface area contributed by atoms with Gasteiger partial charge in [0.1, 0.15) is 12.9 Å². The number of esters is 1. The molecule has 0 radical (unpaired) electrons. The molecule has 0 amide bonds. The lowest BCUT2D eigenvalue weighted by atomic mass is 10.1. The minimum Gasteiger partial charge on any atom is -0.458 e. The van der Waals surface area contributed by atoms with Crippen LogP contribution in [0.5, 0.6) is 0 Å². The van der Waals surface area contributed by atoms with E-state index < -0.39 is 0 Å². The Balaban J connectivity index is 1.57. The van der Waals surface area contributed by atoms with Gasteiger partial charge in [-0.3, -0.25) is 5.01 Å². The summed E-state index contributed by atoms with van der Waals surface area (Å²) < 4.78 is 5.34. The summed E-state index contributed by atoms with van der Waals surface area (Å²) in [5.41, 5.74) is 5.71. The molecule has 0 aliphatic carbocycles. The Morgan fingerprint density at radius 2 is 1.83 bits per heavy atom. The summed E-state index contributed by atoms with van der Waals surface area (Å²) in [6.45, 7) is 0.844. The number of hydrazine groups is 1. The van der Waals surface area contributed by atoms with Gasteiger partial charge in [-0.1, -0.05) is 60.2 Å². The van der Waals surface area contributed by atoms with E-state index in [1.165, 1.54) is 6.08 Å². The van der Waals surface area contributed by atoms with E-state index in [0.29, 0.717) is 6.54 Å². The third-order valence-corrected chi connectivity index (χ3v) is 3.52. The molecule has 3 rings (SSSR count). The van der Waals surface area contributed by atoms with Crippen LogP contribution in [0.25, 0.3) is 6.08 Å². The summed E-state index contributed by atoms with van der Waals surface area (Å²) in [7, 11) is 0.